The summed E-state index contributed by atoms with van der Waals surface area (Å²) in [4.78, 5) is 15.1. The number of hydrogen-bond acceptors (Lipinski definition) is 5. The summed E-state index contributed by atoms with van der Waals surface area (Å²) in [5.41, 5.74) is 5.09. The molecule has 4 aromatic rings. The minimum Gasteiger partial charge on any atom is -0.425 e. The van der Waals surface area contributed by atoms with Crippen molar-refractivity contribution in [3.63, 3.8) is 0 Å². The first-order valence-corrected chi connectivity index (χ1v) is 11.3. The van der Waals surface area contributed by atoms with Gasteiger partial charge in [-0.25, -0.2) is 0 Å². The number of nitrogens with zero attached hydrogens (tertiary/aromatic N) is 5. The van der Waals surface area contributed by atoms with Crippen molar-refractivity contribution in [2.75, 3.05) is 13.1 Å². The summed E-state index contributed by atoms with van der Waals surface area (Å²) in [6, 6.07) is 20.5. The highest BCUT2D eigenvalue weighted by Gasteiger charge is 2.27. The van der Waals surface area contributed by atoms with Gasteiger partial charge in [-0.2, -0.15) is 5.10 Å². The van der Waals surface area contributed by atoms with E-state index in [4.69, 9.17) is 9.52 Å². The van der Waals surface area contributed by atoms with Crippen molar-refractivity contribution in [1.82, 2.24) is 24.9 Å². The van der Waals surface area contributed by atoms with Gasteiger partial charge in [-0.3, -0.25) is 9.48 Å². The largest absolute Gasteiger partial charge is 0.425 e. The van der Waals surface area contributed by atoms with Crippen LogP contribution in [0.5, 0.6) is 0 Å². The van der Waals surface area contributed by atoms with Crippen LogP contribution in [0.1, 0.15) is 36.1 Å². The van der Waals surface area contributed by atoms with Gasteiger partial charge in [-0.15, -0.1) is 10.2 Å². The molecule has 3 heterocycles. The van der Waals surface area contributed by atoms with E-state index in [0.29, 0.717) is 24.9 Å². The fourth-order valence-electron chi connectivity index (χ4n) is 4.40. The van der Waals surface area contributed by atoms with Gasteiger partial charge in [0.2, 0.25) is 17.7 Å². The molecule has 5 rings (SSSR count). The molecule has 1 aliphatic rings. The maximum Gasteiger partial charge on any atom is 0.244 e. The van der Waals surface area contributed by atoms with Gasteiger partial charge in [0.25, 0.3) is 0 Å². The van der Waals surface area contributed by atoms with Gasteiger partial charge >= 0.3 is 0 Å². The summed E-state index contributed by atoms with van der Waals surface area (Å²) < 4.78 is 7.43. The van der Waals surface area contributed by atoms with Crippen LogP contribution in [0.15, 0.2) is 65.1 Å². The number of amides is 1. The van der Waals surface area contributed by atoms with E-state index < -0.39 is 0 Å². The average molecular weight is 442 g/mol. The van der Waals surface area contributed by atoms with Crippen LogP contribution in [-0.2, 0) is 11.3 Å². The second kappa shape index (κ2) is 9.02. The molecule has 0 N–H and O–H groups in total. The van der Waals surface area contributed by atoms with Gasteiger partial charge in [0.05, 0.1) is 11.4 Å². The average Bonchev–Trinajstić information content (AvgIpc) is 3.46. The molecular formula is C26H27N5O2. The zero-order valence-electron chi connectivity index (χ0n) is 18.9. The Hall–Kier alpha value is -3.74. The van der Waals surface area contributed by atoms with Crippen molar-refractivity contribution in [3.8, 4) is 22.5 Å². The highest BCUT2D eigenvalue weighted by Crippen LogP contribution is 2.29. The Morgan fingerprint density at radius 3 is 2.42 bits per heavy atom. The molecule has 0 radical (unpaired) electrons. The molecule has 7 heteroatoms. The molecule has 0 aliphatic carbocycles. The van der Waals surface area contributed by atoms with Gasteiger partial charge in [0, 0.05) is 31.5 Å². The molecule has 1 saturated heterocycles. The Labute approximate surface area is 193 Å². The van der Waals surface area contributed by atoms with E-state index in [1.165, 1.54) is 5.56 Å². The smallest absolute Gasteiger partial charge is 0.244 e. The van der Waals surface area contributed by atoms with Crippen molar-refractivity contribution < 1.29 is 9.21 Å². The molecule has 2 aromatic heterocycles. The molecule has 0 unspecified atom stereocenters. The Morgan fingerprint density at radius 2 is 1.73 bits per heavy atom. The molecule has 1 amide bonds. The quantitative estimate of drug-likeness (QED) is 0.452. The maximum atomic E-state index is 13.2. The number of piperidine rings is 1. The Balaban J connectivity index is 1.35. The lowest BCUT2D eigenvalue weighted by Gasteiger charge is -2.30. The summed E-state index contributed by atoms with van der Waals surface area (Å²) in [6.07, 6.45) is 1.65. The number of aryl methyl sites for hydroxylation is 2. The van der Waals surface area contributed by atoms with E-state index in [1.807, 2.05) is 33.8 Å². The first-order chi connectivity index (χ1) is 16.1. The van der Waals surface area contributed by atoms with Crippen molar-refractivity contribution in [3.05, 3.63) is 78.0 Å². The van der Waals surface area contributed by atoms with E-state index in [9.17, 15) is 4.79 Å². The zero-order chi connectivity index (χ0) is 22.8. The number of benzene rings is 2. The zero-order valence-corrected chi connectivity index (χ0v) is 18.9. The highest BCUT2D eigenvalue weighted by atomic mass is 16.4. The minimum atomic E-state index is 0.0752. The fourth-order valence-corrected chi connectivity index (χ4v) is 4.40. The number of hydrogen-bond donors (Lipinski definition) is 0. The Morgan fingerprint density at radius 1 is 0.970 bits per heavy atom. The third-order valence-corrected chi connectivity index (χ3v) is 6.19. The van der Waals surface area contributed by atoms with Crippen molar-refractivity contribution >= 4 is 5.91 Å². The highest BCUT2D eigenvalue weighted by molar-refractivity contribution is 5.78. The van der Waals surface area contributed by atoms with Gasteiger partial charge in [-0.05, 0) is 37.5 Å². The van der Waals surface area contributed by atoms with E-state index in [1.54, 1.807) is 6.92 Å². The first-order valence-electron chi connectivity index (χ1n) is 11.3. The molecule has 0 saturated carbocycles. The molecule has 0 spiro atoms. The molecule has 0 atom stereocenters. The second-order valence-corrected chi connectivity index (χ2v) is 8.62. The van der Waals surface area contributed by atoms with Crippen LogP contribution < -0.4 is 0 Å². The molecular weight excluding hydrogens is 414 g/mol. The van der Waals surface area contributed by atoms with E-state index >= 15 is 0 Å². The van der Waals surface area contributed by atoms with Gasteiger partial charge in [0.1, 0.15) is 6.54 Å². The monoisotopic (exact) mass is 441 g/mol. The summed E-state index contributed by atoms with van der Waals surface area (Å²) in [5.74, 6) is 1.56. The standard InChI is InChI=1S/C26H27N5O2/c1-18-7-6-10-22(15-18)23-16-24(20-8-4-3-5-9-20)31(29-23)17-25(32)30-13-11-21(12-14-30)26-28-27-19(2)33-26/h3-10,15-16,21H,11-14,17H2,1-2H3. The normalized spacial score (nSPS) is 14.5. The summed E-state index contributed by atoms with van der Waals surface area (Å²) in [7, 11) is 0. The number of rotatable bonds is 5. The van der Waals surface area contributed by atoms with Crippen LogP contribution in [-0.4, -0.2) is 43.9 Å². The summed E-state index contributed by atoms with van der Waals surface area (Å²) in [6.45, 7) is 5.44. The lowest BCUT2D eigenvalue weighted by atomic mass is 9.97. The molecule has 0 bridgehead atoms. The van der Waals surface area contributed by atoms with Crippen LogP contribution in [0, 0.1) is 13.8 Å². The minimum absolute atomic E-state index is 0.0752. The van der Waals surface area contributed by atoms with Crippen molar-refractivity contribution in [2.45, 2.75) is 39.2 Å². The van der Waals surface area contributed by atoms with Crippen LogP contribution >= 0.6 is 0 Å². The van der Waals surface area contributed by atoms with E-state index in [2.05, 4.69) is 53.5 Å². The second-order valence-electron chi connectivity index (χ2n) is 8.62. The van der Waals surface area contributed by atoms with Gasteiger partial charge in [0.15, 0.2) is 0 Å². The molecule has 7 nitrogen and oxygen atoms in total. The predicted octanol–water partition coefficient (Wildman–Crippen LogP) is 4.62. The SMILES string of the molecule is Cc1cccc(-c2cc(-c3ccccc3)n(CC(=O)N3CCC(c4nnc(C)o4)CC3)n2)c1. The van der Waals surface area contributed by atoms with Crippen LogP contribution in [0.3, 0.4) is 0 Å². The molecule has 33 heavy (non-hydrogen) atoms. The van der Waals surface area contributed by atoms with Crippen molar-refractivity contribution in [2.24, 2.45) is 0 Å². The lowest BCUT2D eigenvalue weighted by Crippen LogP contribution is -2.40. The fraction of sp³-hybridized carbons (Fsp3) is 0.308. The Bertz CT molecular complexity index is 1250. The summed E-state index contributed by atoms with van der Waals surface area (Å²) in [5, 5.41) is 12.9. The van der Waals surface area contributed by atoms with Crippen LogP contribution in [0.4, 0.5) is 0 Å². The third kappa shape index (κ3) is 4.58. The lowest BCUT2D eigenvalue weighted by molar-refractivity contribution is -0.133. The number of carbonyl (C=O) groups is 1. The third-order valence-electron chi connectivity index (χ3n) is 6.19. The van der Waals surface area contributed by atoms with E-state index in [0.717, 1.165) is 35.4 Å². The molecule has 2 aromatic carbocycles. The molecule has 1 fully saturated rings. The van der Waals surface area contributed by atoms with E-state index in [-0.39, 0.29) is 18.4 Å². The van der Waals surface area contributed by atoms with Crippen molar-refractivity contribution in [1.29, 1.82) is 0 Å². The summed E-state index contributed by atoms with van der Waals surface area (Å²) >= 11 is 0. The Kier molecular flexibility index (Phi) is 5.77. The predicted molar refractivity (Wildman–Crippen MR) is 125 cm³/mol. The van der Waals surface area contributed by atoms with Gasteiger partial charge in [-0.1, -0.05) is 54.1 Å². The maximum absolute atomic E-state index is 13.2. The van der Waals surface area contributed by atoms with Gasteiger partial charge < -0.3 is 9.32 Å². The van der Waals surface area contributed by atoms with Crippen LogP contribution in [0.2, 0.25) is 0 Å². The number of aromatic nitrogens is 4. The van der Waals surface area contributed by atoms with Crippen LogP contribution in [0.25, 0.3) is 22.5 Å². The number of carbonyl (C=O) groups excluding carboxylic acids is 1. The topological polar surface area (TPSA) is 77.0 Å². The number of likely N-dealkylation sites (tertiary alicyclic amines) is 1. The first kappa shape index (κ1) is 21.1. The molecule has 1 aliphatic heterocycles. The molecule has 168 valence electrons.